The number of aromatic hydroxyl groups is 1. The minimum absolute atomic E-state index is 0.0113. The van der Waals surface area contributed by atoms with Crippen molar-refractivity contribution in [2.45, 2.75) is 74.9 Å². The molecule has 1 saturated carbocycles. The maximum absolute atomic E-state index is 16.9. The highest BCUT2D eigenvalue weighted by Crippen LogP contribution is 2.55. The van der Waals surface area contributed by atoms with Gasteiger partial charge < -0.3 is 15.3 Å². The normalized spacial score (nSPS) is 25.9. The van der Waals surface area contributed by atoms with Gasteiger partial charge in [0.05, 0.1) is 10.9 Å². The third kappa shape index (κ3) is 5.15. The van der Waals surface area contributed by atoms with Crippen molar-refractivity contribution >= 4 is 36.7 Å². The zero-order valence-electron chi connectivity index (χ0n) is 26.8. The molecule has 4 aliphatic heterocycles. The minimum Gasteiger partial charge on any atom is -0.508 e. The molecule has 0 amide bonds. The zero-order valence-corrected chi connectivity index (χ0v) is 27.9. The number of rotatable bonds is 5. The van der Waals surface area contributed by atoms with E-state index in [1.807, 2.05) is 6.66 Å². The first-order chi connectivity index (χ1) is 22.9. The fraction of sp³-hybridized carbons (Fsp3) is 0.486. The number of pyridine rings is 1. The van der Waals surface area contributed by atoms with Crippen molar-refractivity contribution in [3.8, 4) is 29.4 Å². The summed E-state index contributed by atoms with van der Waals surface area (Å²) in [6.45, 7) is 5.93. The zero-order chi connectivity index (χ0) is 32.4. The lowest BCUT2D eigenvalue weighted by molar-refractivity contribution is 0.173. The van der Waals surface area contributed by atoms with Gasteiger partial charge in [-0.3, -0.25) is 9.88 Å². The Kier molecular flexibility index (Phi) is 7.82. The summed E-state index contributed by atoms with van der Waals surface area (Å²) in [6, 6.07) is 6.47. The number of piperazine rings is 1. The molecule has 47 heavy (non-hydrogen) atoms. The lowest BCUT2D eigenvalue weighted by Gasteiger charge is -2.34. The van der Waals surface area contributed by atoms with Gasteiger partial charge in [0.25, 0.3) is 0 Å². The van der Waals surface area contributed by atoms with E-state index in [0.29, 0.717) is 45.5 Å². The van der Waals surface area contributed by atoms with Crippen molar-refractivity contribution in [3.05, 3.63) is 53.5 Å². The van der Waals surface area contributed by atoms with E-state index in [9.17, 15) is 9.50 Å². The molecule has 5 fully saturated rings. The van der Waals surface area contributed by atoms with Crippen LogP contribution < -0.4 is 10.2 Å². The molecule has 0 radical (unpaired) electrons. The molecule has 6 heterocycles. The Morgan fingerprint density at radius 2 is 1.83 bits per heavy atom. The van der Waals surface area contributed by atoms with E-state index < -0.39 is 11.6 Å². The number of nitrogens with zero attached hydrogens (tertiary/aromatic N) is 5. The Bertz CT molecular complexity index is 1910. The molecule has 2 aromatic heterocycles. The van der Waals surface area contributed by atoms with Gasteiger partial charge in [-0.1, -0.05) is 18.7 Å². The van der Waals surface area contributed by atoms with Crippen LogP contribution in [0.1, 0.15) is 68.7 Å². The Hall–Kier alpha value is -3.44. The highest BCUT2D eigenvalue weighted by Gasteiger charge is 2.51. The molecule has 2 bridgehead atoms. The van der Waals surface area contributed by atoms with Gasteiger partial charge >= 0.3 is 0 Å². The van der Waals surface area contributed by atoms with Gasteiger partial charge in [-0.2, -0.15) is 0 Å². The molecule has 4 saturated heterocycles. The molecule has 1 aliphatic carbocycles. The molecular weight excluding hydrogens is 613 g/mol. The number of phenolic OH excluding ortho intramolecular Hbond substituents is 1. The first-order valence-corrected chi connectivity index (χ1v) is 18.2. The molecule has 5 atom stereocenters. The number of fused-ring (bicyclic) bond motifs is 5. The number of hydrogen-bond acceptors (Lipinski definition) is 7. The van der Waals surface area contributed by atoms with Gasteiger partial charge in [-0.15, -0.1) is 15.7 Å². The molecule has 4 aromatic rings. The average Bonchev–Trinajstić information content (AvgIpc) is 3.34. The molecule has 7 nitrogen and oxygen atoms in total. The second-order valence-electron chi connectivity index (χ2n) is 14.0. The molecule has 2 aromatic carbocycles. The van der Waals surface area contributed by atoms with Gasteiger partial charge in [0.2, 0.25) is 0 Å². The molecule has 2 N–H and O–H groups in total. The maximum Gasteiger partial charge on any atom is 0.175 e. The SMILES string of the molecule is C#Cc1c(F)ccc2cc(O)cc(-c3ncc4c(N5CC6CCC(C5)N6)nc(C5CC5CC56CCCN5CCC6)nc4c3F)c12.CP. The monoisotopic (exact) mass is 654 g/mol. The van der Waals surface area contributed by atoms with Crippen molar-refractivity contribution in [3.63, 3.8) is 0 Å². The van der Waals surface area contributed by atoms with E-state index in [1.54, 1.807) is 6.20 Å². The van der Waals surface area contributed by atoms with E-state index in [4.69, 9.17) is 16.4 Å². The Balaban J connectivity index is 0.00000159. The van der Waals surface area contributed by atoms with Crippen LogP contribution >= 0.6 is 9.24 Å². The summed E-state index contributed by atoms with van der Waals surface area (Å²) in [5, 5.41) is 15.7. The Labute approximate surface area is 276 Å². The van der Waals surface area contributed by atoms with Gasteiger partial charge in [0.1, 0.15) is 34.4 Å². The largest absolute Gasteiger partial charge is 0.508 e. The molecular formula is C37H41F2N6OP. The highest BCUT2D eigenvalue weighted by atomic mass is 31.0. The van der Waals surface area contributed by atoms with Gasteiger partial charge in [-0.05, 0) is 94.0 Å². The Morgan fingerprint density at radius 3 is 2.55 bits per heavy atom. The number of benzene rings is 2. The third-order valence-electron chi connectivity index (χ3n) is 11.4. The van der Waals surface area contributed by atoms with Gasteiger partial charge in [0, 0.05) is 53.8 Å². The number of aromatic nitrogens is 3. The van der Waals surface area contributed by atoms with Crippen LogP contribution in [0, 0.1) is 29.9 Å². The van der Waals surface area contributed by atoms with E-state index in [2.05, 4.69) is 35.3 Å². The molecule has 244 valence electrons. The standard InChI is InChI=1S/C36H36F2N6O.CH5P/c1-2-25-29(37)8-5-20-13-24(45)15-27(30(20)25)32-31(38)33-28(17-39-32)35(43-18-22-6-7-23(19-43)40-22)42-34(41-33)26-14-21(26)16-36-9-3-11-44(36)12-4-10-36;1-2/h1,5,8,13,15,17,21-23,26,40,45H,3-4,6-7,9-12,14,16,18-19H2;2H2,1H3. The molecule has 5 unspecified atom stereocenters. The predicted octanol–water partition coefficient (Wildman–Crippen LogP) is 6.36. The summed E-state index contributed by atoms with van der Waals surface area (Å²) in [6.07, 6.45) is 16.9. The van der Waals surface area contributed by atoms with Crippen molar-refractivity contribution in [1.82, 2.24) is 25.2 Å². The number of hydrogen-bond donors (Lipinski definition) is 2. The van der Waals surface area contributed by atoms with Crippen molar-refractivity contribution in [2.75, 3.05) is 37.7 Å². The second-order valence-corrected chi connectivity index (χ2v) is 14.0. The lowest BCUT2D eigenvalue weighted by atomic mass is 9.87. The average molecular weight is 655 g/mol. The lowest BCUT2D eigenvalue weighted by Crippen LogP contribution is -2.51. The number of halogens is 2. The molecule has 9 rings (SSSR count). The topological polar surface area (TPSA) is 77.4 Å². The van der Waals surface area contributed by atoms with Crippen LogP contribution in [0.3, 0.4) is 0 Å². The van der Waals surface area contributed by atoms with Crippen molar-refractivity contribution in [1.29, 1.82) is 0 Å². The first-order valence-electron chi connectivity index (χ1n) is 17.0. The summed E-state index contributed by atoms with van der Waals surface area (Å²) in [5.41, 5.74) is 0.773. The van der Waals surface area contributed by atoms with Crippen LogP contribution in [-0.2, 0) is 0 Å². The van der Waals surface area contributed by atoms with Gasteiger partial charge in [-0.25, -0.2) is 18.7 Å². The van der Waals surface area contributed by atoms with Crippen LogP contribution in [0.15, 0.2) is 30.5 Å². The number of anilines is 1. The quantitative estimate of drug-likeness (QED) is 0.192. The van der Waals surface area contributed by atoms with Crippen LogP contribution in [0.4, 0.5) is 14.6 Å². The van der Waals surface area contributed by atoms with Crippen LogP contribution in [0.25, 0.3) is 32.9 Å². The molecule has 0 spiro atoms. The first kappa shape index (κ1) is 30.9. The maximum atomic E-state index is 16.9. The van der Waals surface area contributed by atoms with Crippen molar-refractivity contribution < 1.29 is 13.9 Å². The number of nitrogens with one attached hydrogen (secondary N) is 1. The number of terminal acetylenes is 1. The fourth-order valence-electron chi connectivity index (χ4n) is 9.21. The van der Waals surface area contributed by atoms with Crippen molar-refractivity contribution in [2.24, 2.45) is 5.92 Å². The summed E-state index contributed by atoms with van der Waals surface area (Å²) in [5.74, 6) is 3.30. The van der Waals surface area contributed by atoms with E-state index in [0.717, 1.165) is 44.6 Å². The van der Waals surface area contributed by atoms with Crippen LogP contribution in [0.2, 0.25) is 0 Å². The summed E-state index contributed by atoms with van der Waals surface area (Å²) in [7, 11) is 2.42. The summed E-state index contributed by atoms with van der Waals surface area (Å²) in [4.78, 5) is 19.7. The van der Waals surface area contributed by atoms with E-state index in [1.165, 1.54) is 63.0 Å². The fourth-order valence-corrected chi connectivity index (χ4v) is 9.21. The Morgan fingerprint density at radius 1 is 1.09 bits per heavy atom. The van der Waals surface area contributed by atoms with Crippen LogP contribution in [0.5, 0.6) is 5.75 Å². The number of phenols is 1. The smallest absolute Gasteiger partial charge is 0.175 e. The van der Waals surface area contributed by atoms with E-state index in [-0.39, 0.29) is 34.0 Å². The summed E-state index contributed by atoms with van der Waals surface area (Å²) >= 11 is 0. The van der Waals surface area contributed by atoms with E-state index >= 15 is 4.39 Å². The predicted molar refractivity (Wildman–Crippen MR) is 186 cm³/mol. The highest BCUT2D eigenvalue weighted by molar-refractivity contribution is 7.15. The van der Waals surface area contributed by atoms with Crippen LogP contribution in [-0.4, -0.2) is 75.4 Å². The minimum atomic E-state index is -0.608. The van der Waals surface area contributed by atoms with Gasteiger partial charge in [0.15, 0.2) is 5.82 Å². The molecule has 10 heteroatoms. The second kappa shape index (κ2) is 11.9. The summed E-state index contributed by atoms with van der Waals surface area (Å²) < 4.78 is 31.8. The third-order valence-corrected chi connectivity index (χ3v) is 11.4. The molecule has 5 aliphatic rings.